The molecule has 1 saturated carbocycles. The topological polar surface area (TPSA) is 12.0 Å². The van der Waals surface area contributed by atoms with Gasteiger partial charge in [-0.1, -0.05) is 41.9 Å². The van der Waals surface area contributed by atoms with Crippen LogP contribution >= 0.6 is 11.6 Å². The van der Waals surface area contributed by atoms with E-state index in [1.54, 1.807) is 0 Å². The highest BCUT2D eigenvalue weighted by Gasteiger charge is 2.25. The number of hydrogen-bond acceptors (Lipinski definition) is 1. The van der Waals surface area contributed by atoms with Crippen molar-refractivity contribution >= 4 is 17.3 Å². The number of rotatable bonds is 4. The highest BCUT2D eigenvalue weighted by molar-refractivity contribution is 6.33. The first-order chi connectivity index (χ1) is 9.24. The zero-order valence-electron chi connectivity index (χ0n) is 11.1. The van der Waals surface area contributed by atoms with Gasteiger partial charge in [-0.2, -0.15) is 0 Å². The smallest absolute Gasteiger partial charge is 0.0637 e. The number of halogens is 1. The normalized spacial score (nSPS) is 14.4. The molecule has 0 unspecified atom stereocenters. The fourth-order valence-electron chi connectivity index (χ4n) is 2.45. The summed E-state index contributed by atoms with van der Waals surface area (Å²) in [6, 6.07) is 14.8. The summed E-state index contributed by atoms with van der Waals surface area (Å²) in [5, 5.41) is 4.25. The Hall–Kier alpha value is -1.47. The van der Waals surface area contributed by atoms with Crippen LogP contribution < -0.4 is 5.32 Å². The molecule has 2 aromatic rings. The Bertz CT molecular complexity index is 588. The van der Waals surface area contributed by atoms with Gasteiger partial charge in [-0.3, -0.25) is 0 Å². The first kappa shape index (κ1) is 12.6. The summed E-state index contributed by atoms with van der Waals surface area (Å²) >= 11 is 6.21. The molecule has 0 bridgehead atoms. The predicted molar refractivity (Wildman–Crippen MR) is 81.9 cm³/mol. The summed E-state index contributed by atoms with van der Waals surface area (Å²) in [7, 11) is 0. The van der Waals surface area contributed by atoms with Gasteiger partial charge in [0.25, 0.3) is 0 Å². The maximum atomic E-state index is 6.21. The highest BCUT2D eigenvalue weighted by Crippen LogP contribution is 2.41. The van der Waals surface area contributed by atoms with E-state index in [9.17, 15) is 0 Å². The van der Waals surface area contributed by atoms with E-state index in [0.29, 0.717) is 0 Å². The molecule has 0 aliphatic heterocycles. The monoisotopic (exact) mass is 271 g/mol. The molecule has 19 heavy (non-hydrogen) atoms. The zero-order valence-corrected chi connectivity index (χ0v) is 11.9. The van der Waals surface area contributed by atoms with Crippen LogP contribution in [0.1, 0.15) is 35.4 Å². The molecule has 0 amide bonds. The van der Waals surface area contributed by atoms with Gasteiger partial charge >= 0.3 is 0 Å². The molecule has 2 heteroatoms. The molecule has 98 valence electrons. The number of anilines is 1. The predicted octanol–water partition coefficient (Wildman–Crippen LogP) is 5.14. The molecular weight excluding hydrogens is 254 g/mol. The first-order valence-electron chi connectivity index (χ1n) is 6.82. The van der Waals surface area contributed by atoms with Gasteiger partial charge in [0, 0.05) is 6.54 Å². The van der Waals surface area contributed by atoms with Crippen LogP contribution in [0.4, 0.5) is 5.69 Å². The first-order valence-corrected chi connectivity index (χ1v) is 7.19. The Morgan fingerprint density at radius 2 is 1.95 bits per heavy atom. The Morgan fingerprint density at radius 1 is 1.16 bits per heavy atom. The minimum atomic E-state index is 0.783. The van der Waals surface area contributed by atoms with Crippen molar-refractivity contribution in [3.05, 3.63) is 64.2 Å². The Morgan fingerprint density at radius 3 is 2.74 bits per heavy atom. The fraction of sp³-hybridized carbons (Fsp3) is 0.294. The minimum absolute atomic E-state index is 0.783. The van der Waals surface area contributed by atoms with Gasteiger partial charge in [0.2, 0.25) is 0 Å². The molecule has 0 radical (unpaired) electrons. The summed E-state index contributed by atoms with van der Waals surface area (Å²) < 4.78 is 0. The van der Waals surface area contributed by atoms with E-state index >= 15 is 0 Å². The third-order valence-corrected chi connectivity index (χ3v) is 3.99. The number of hydrogen-bond donors (Lipinski definition) is 1. The maximum Gasteiger partial charge on any atom is 0.0637 e. The molecule has 3 rings (SSSR count). The highest BCUT2D eigenvalue weighted by atomic mass is 35.5. The largest absolute Gasteiger partial charge is 0.380 e. The molecule has 1 aliphatic rings. The van der Waals surface area contributed by atoms with Crippen LogP contribution in [0, 0.1) is 6.92 Å². The third-order valence-electron chi connectivity index (χ3n) is 3.66. The van der Waals surface area contributed by atoms with Gasteiger partial charge < -0.3 is 5.32 Å². The van der Waals surface area contributed by atoms with Gasteiger partial charge in [0.15, 0.2) is 0 Å². The van der Waals surface area contributed by atoms with Gasteiger partial charge in [-0.25, -0.2) is 0 Å². The SMILES string of the molecule is Cc1ccc(Cl)c(NCc2ccccc2C2CC2)c1. The molecule has 1 N–H and O–H groups in total. The van der Waals surface area contributed by atoms with Crippen LogP contribution in [0.3, 0.4) is 0 Å². The van der Waals surface area contributed by atoms with Crippen LogP contribution in [-0.4, -0.2) is 0 Å². The molecule has 0 heterocycles. The molecule has 1 aliphatic carbocycles. The lowest BCUT2D eigenvalue weighted by Crippen LogP contribution is -2.03. The Balaban J connectivity index is 1.77. The summed E-state index contributed by atoms with van der Waals surface area (Å²) in [4.78, 5) is 0. The zero-order chi connectivity index (χ0) is 13.2. The van der Waals surface area contributed by atoms with Crippen molar-refractivity contribution in [2.24, 2.45) is 0 Å². The van der Waals surface area contributed by atoms with Crippen molar-refractivity contribution in [1.82, 2.24) is 0 Å². The van der Waals surface area contributed by atoms with Gasteiger partial charge in [-0.15, -0.1) is 0 Å². The van der Waals surface area contributed by atoms with E-state index in [2.05, 4.69) is 42.6 Å². The second kappa shape index (κ2) is 5.26. The molecular formula is C17H18ClN. The number of benzene rings is 2. The number of nitrogens with one attached hydrogen (secondary N) is 1. The lowest BCUT2D eigenvalue weighted by atomic mass is 10.0. The second-order valence-electron chi connectivity index (χ2n) is 5.31. The molecule has 0 spiro atoms. The molecule has 1 nitrogen and oxygen atoms in total. The van der Waals surface area contributed by atoms with Gasteiger partial charge in [0.1, 0.15) is 0 Å². The second-order valence-corrected chi connectivity index (χ2v) is 5.72. The van der Waals surface area contributed by atoms with Crippen LogP contribution in [0.25, 0.3) is 0 Å². The van der Waals surface area contributed by atoms with E-state index < -0.39 is 0 Å². The van der Waals surface area contributed by atoms with E-state index in [1.165, 1.54) is 29.5 Å². The van der Waals surface area contributed by atoms with Crippen LogP contribution in [0.15, 0.2) is 42.5 Å². The maximum absolute atomic E-state index is 6.21. The summed E-state index contributed by atoms with van der Waals surface area (Å²) in [6.45, 7) is 2.93. The van der Waals surface area contributed by atoms with Gasteiger partial charge in [-0.05, 0) is 54.5 Å². The quantitative estimate of drug-likeness (QED) is 0.812. The van der Waals surface area contributed by atoms with Crippen molar-refractivity contribution in [3.63, 3.8) is 0 Å². The lowest BCUT2D eigenvalue weighted by molar-refractivity contribution is 1.03. The summed E-state index contributed by atoms with van der Waals surface area (Å²) in [5.74, 6) is 0.783. The van der Waals surface area contributed by atoms with E-state index in [0.717, 1.165) is 23.2 Å². The molecule has 0 atom stereocenters. The van der Waals surface area contributed by atoms with Crippen molar-refractivity contribution in [3.8, 4) is 0 Å². The van der Waals surface area contributed by atoms with Crippen LogP contribution in [0.2, 0.25) is 5.02 Å². The van der Waals surface area contributed by atoms with E-state index in [1.807, 2.05) is 12.1 Å². The van der Waals surface area contributed by atoms with Crippen LogP contribution in [0.5, 0.6) is 0 Å². The Labute approximate surface area is 119 Å². The van der Waals surface area contributed by atoms with Gasteiger partial charge in [0.05, 0.1) is 10.7 Å². The third kappa shape index (κ3) is 2.93. The molecule has 0 aromatic heterocycles. The Kier molecular flexibility index (Phi) is 3.48. The minimum Gasteiger partial charge on any atom is -0.380 e. The molecule has 0 saturated heterocycles. The molecule has 1 fully saturated rings. The molecule has 2 aromatic carbocycles. The average Bonchev–Trinajstić information content (AvgIpc) is 3.25. The number of aryl methyl sites for hydroxylation is 1. The van der Waals surface area contributed by atoms with Crippen molar-refractivity contribution < 1.29 is 0 Å². The van der Waals surface area contributed by atoms with Crippen molar-refractivity contribution in [2.45, 2.75) is 32.2 Å². The van der Waals surface area contributed by atoms with E-state index in [-0.39, 0.29) is 0 Å². The van der Waals surface area contributed by atoms with Crippen LogP contribution in [-0.2, 0) is 6.54 Å². The lowest BCUT2D eigenvalue weighted by Gasteiger charge is -2.12. The average molecular weight is 272 g/mol. The van der Waals surface area contributed by atoms with E-state index in [4.69, 9.17) is 11.6 Å². The summed E-state index contributed by atoms with van der Waals surface area (Å²) in [6.07, 6.45) is 2.67. The van der Waals surface area contributed by atoms with Crippen molar-refractivity contribution in [1.29, 1.82) is 0 Å². The fourth-order valence-corrected chi connectivity index (χ4v) is 2.64. The standard InChI is InChI=1S/C17H18ClN/c1-12-6-9-16(18)17(10-12)19-11-14-4-2-3-5-15(14)13-7-8-13/h2-6,9-10,13,19H,7-8,11H2,1H3. The van der Waals surface area contributed by atoms with Crippen molar-refractivity contribution in [2.75, 3.05) is 5.32 Å². The summed E-state index contributed by atoms with van der Waals surface area (Å²) in [5.41, 5.74) is 5.14.